The fourth-order valence-corrected chi connectivity index (χ4v) is 2.39. The Morgan fingerprint density at radius 1 is 1.47 bits per heavy atom. The van der Waals surface area contributed by atoms with Gasteiger partial charge in [0.15, 0.2) is 5.76 Å². The van der Waals surface area contributed by atoms with Crippen LogP contribution in [0.15, 0.2) is 16.5 Å². The van der Waals surface area contributed by atoms with E-state index in [0.717, 1.165) is 43.3 Å². The summed E-state index contributed by atoms with van der Waals surface area (Å²) >= 11 is 0. The SMILES string of the molecule is CCN1CCc2[nH]nc(-c3ccc(C)o3)c2C1. The van der Waals surface area contributed by atoms with E-state index in [1.54, 1.807) is 0 Å². The van der Waals surface area contributed by atoms with Crippen molar-refractivity contribution in [2.24, 2.45) is 0 Å². The molecule has 2 aromatic rings. The van der Waals surface area contributed by atoms with Crippen molar-refractivity contribution in [2.45, 2.75) is 26.8 Å². The van der Waals surface area contributed by atoms with Crippen LogP contribution >= 0.6 is 0 Å². The first-order chi connectivity index (χ1) is 8.28. The summed E-state index contributed by atoms with van der Waals surface area (Å²) in [5.41, 5.74) is 3.54. The van der Waals surface area contributed by atoms with E-state index in [-0.39, 0.29) is 0 Å². The second-order valence-corrected chi connectivity index (χ2v) is 4.56. The summed E-state index contributed by atoms with van der Waals surface area (Å²) in [7, 11) is 0. The van der Waals surface area contributed by atoms with Crippen molar-refractivity contribution < 1.29 is 4.42 Å². The van der Waals surface area contributed by atoms with Crippen LogP contribution in [-0.4, -0.2) is 28.2 Å². The number of nitrogens with one attached hydrogen (secondary N) is 1. The average molecular weight is 231 g/mol. The van der Waals surface area contributed by atoms with Crippen LogP contribution in [0.4, 0.5) is 0 Å². The molecule has 0 unspecified atom stereocenters. The van der Waals surface area contributed by atoms with Gasteiger partial charge in [-0.3, -0.25) is 10.00 Å². The molecule has 0 saturated heterocycles. The Balaban J connectivity index is 2.00. The van der Waals surface area contributed by atoms with Gasteiger partial charge >= 0.3 is 0 Å². The van der Waals surface area contributed by atoms with E-state index in [2.05, 4.69) is 22.0 Å². The largest absolute Gasteiger partial charge is 0.460 e. The molecule has 0 spiro atoms. The van der Waals surface area contributed by atoms with Crippen molar-refractivity contribution in [3.8, 4) is 11.5 Å². The summed E-state index contributed by atoms with van der Waals surface area (Å²) in [6, 6.07) is 3.98. The van der Waals surface area contributed by atoms with Gasteiger partial charge in [-0.1, -0.05) is 6.92 Å². The molecule has 1 aliphatic heterocycles. The molecule has 90 valence electrons. The summed E-state index contributed by atoms with van der Waals surface area (Å²) < 4.78 is 5.66. The van der Waals surface area contributed by atoms with Crippen molar-refractivity contribution in [1.29, 1.82) is 0 Å². The average Bonchev–Trinajstić information content (AvgIpc) is 2.93. The third-order valence-electron chi connectivity index (χ3n) is 3.43. The van der Waals surface area contributed by atoms with Crippen molar-refractivity contribution in [3.05, 3.63) is 29.2 Å². The Kier molecular flexibility index (Phi) is 2.52. The molecule has 0 saturated carbocycles. The summed E-state index contributed by atoms with van der Waals surface area (Å²) in [5, 5.41) is 7.55. The van der Waals surface area contributed by atoms with Crippen LogP contribution < -0.4 is 0 Å². The molecule has 0 radical (unpaired) electrons. The molecule has 0 aliphatic carbocycles. The van der Waals surface area contributed by atoms with E-state index < -0.39 is 0 Å². The maximum atomic E-state index is 5.66. The van der Waals surface area contributed by atoms with Gasteiger partial charge in [-0.2, -0.15) is 5.10 Å². The lowest BCUT2D eigenvalue weighted by atomic mass is 10.0. The summed E-state index contributed by atoms with van der Waals surface area (Å²) in [6.07, 6.45) is 1.05. The lowest BCUT2D eigenvalue weighted by molar-refractivity contribution is 0.267. The number of aryl methyl sites for hydroxylation is 1. The highest BCUT2D eigenvalue weighted by atomic mass is 16.3. The van der Waals surface area contributed by atoms with Gasteiger partial charge in [0.1, 0.15) is 11.5 Å². The van der Waals surface area contributed by atoms with Crippen LogP contribution in [0.2, 0.25) is 0 Å². The van der Waals surface area contributed by atoms with Gasteiger partial charge in [0.2, 0.25) is 0 Å². The lowest BCUT2D eigenvalue weighted by Crippen LogP contribution is -2.30. The molecule has 1 aliphatic rings. The van der Waals surface area contributed by atoms with E-state index in [1.807, 2.05) is 19.1 Å². The zero-order valence-electron chi connectivity index (χ0n) is 10.3. The molecular formula is C13H17N3O. The Morgan fingerprint density at radius 3 is 3.06 bits per heavy atom. The van der Waals surface area contributed by atoms with E-state index in [4.69, 9.17) is 4.42 Å². The van der Waals surface area contributed by atoms with E-state index in [0.29, 0.717) is 0 Å². The minimum absolute atomic E-state index is 0.873. The fraction of sp³-hybridized carbons (Fsp3) is 0.462. The van der Waals surface area contributed by atoms with Gasteiger partial charge in [-0.15, -0.1) is 0 Å². The summed E-state index contributed by atoms with van der Waals surface area (Å²) in [5.74, 6) is 1.80. The maximum absolute atomic E-state index is 5.66. The Morgan fingerprint density at radius 2 is 2.35 bits per heavy atom. The number of fused-ring (bicyclic) bond motifs is 1. The number of H-pyrrole nitrogens is 1. The molecule has 4 heteroatoms. The number of aromatic amines is 1. The molecule has 0 aromatic carbocycles. The predicted octanol–water partition coefficient (Wildman–Crippen LogP) is 2.36. The standard InChI is InChI=1S/C13H17N3O/c1-3-16-7-6-11-10(8-16)13(15-14-11)12-5-4-9(2)17-12/h4-5H,3,6-8H2,1-2H3,(H,14,15). The van der Waals surface area contributed by atoms with Gasteiger partial charge in [0.05, 0.1) is 0 Å². The third-order valence-corrected chi connectivity index (χ3v) is 3.43. The normalized spacial score (nSPS) is 16.1. The van der Waals surface area contributed by atoms with Crippen LogP contribution in [0.1, 0.15) is 23.9 Å². The maximum Gasteiger partial charge on any atom is 0.154 e. The highest BCUT2D eigenvalue weighted by molar-refractivity contribution is 5.59. The van der Waals surface area contributed by atoms with Gasteiger partial charge in [-0.25, -0.2) is 0 Å². The number of aromatic nitrogens is 2. The molecule has 2 aromatic heterocycles. The van der Waals surface area contributed by atoms with Gasteiger partial charge < -0.3 is 4.42 Å². The smallest absolute Gasteiger partial charge is 0.154 e. The number of hydrogen-bond donors (Lipinski definition) is 1. The van der Waals surface area contributed by atoms with Gasteiger partial charge in [0.25, 0.3) is 0 Å². The first-order valence-corrected chi connectivity index (χ1v) is 6.13. The van der Waals surface area contributed by atoms with Crippen LogP contribution in [0, 0.1) is 6.92 Å². The first kappa shape index (κ1) is 10.6. The molecule has 0 fully saturated rings. The molecule has 0 amide bonds. The van der Waals surface area contributed by atoms with Crippen LogP contribution in [-0.2, 0) is 13.0 Å². The monoisotopic (exact) mass is 231 g/mol. The minimum atomic E-state index is 0.873. The fourth-order valence-electron chi connectivity index (χ4n) is 2.39. The number of furan rings is 1. The van der Waals surface area contributed by atoms with Gasteiger partial charge in [-0.05, 0) is 25.6 Å². The zero-order valence-corrected chi connectivity index (χ0v) is 10.3. The van der Waals surface area contributed by atoms with E-state index >= 15 is 0 Å². The second-order valence-electron chi connectivity index (χ2n) is 4.56. The quantitative estimate of drug-likeness (QED) is 0.863. The van der Waals surface area contributed by atoms with Crippen molar-refractivity contribution in [1.82, 2.24) is 15.1 Å². The highest BCUT2D eigenvalue weighted by Crippen LogP contribution is 2.29. The lowest BCUT2D eigenvalue weighted by Gasteiger charge is -2.25. The van der Waals surface area contributed by atoms with E-state index in [1.165, 1.54) is 11.3 Å². The molecule has 0 bridgehead atoms. The molecule has 1 N–H and O–H groups in total. The van der Waals surface area contributed by atoms with Gasteiger partial charge in [0, 0.05) is 30.8 Å². The predicted molar refractivity (Wildman–Crippen MR) is 65.7 cm³/mol. The van der Waals surface area contributed by atoms with E-state index in [9.17, 15) is 0 Å². The first-order valence-electron chi connectivity index (χ1n) is 6.13. The number of hydrogen-bond acceptors (Lipinski definition) is 3. The number of nitrogens with zero attached hydrogens (tertiary/aromatic N) is 2. The van der Waals surface area contributed by atoms with Crippen molar-refractivity contribution >= 4 is 0 Å². The van der Waals surface area contributed by atoms with Crippen LogP contribution in [0.25, 0.3) is 11.5 Å². The number of likely N-dealkylation sites (N-methyl/N-ethyl adjacent to an activating group) is 1. The zero-order chi connectivity index (χ0) is 11.8. The van der Waals surface area contributed by atoms with Crippen molar-refractivity contribution in [3.63, 3.8) is 0 Å². The second kappa shape index (κ2) is 4.04. The van der Waals surface area contributed by atoms with Crippen LogP contribution in [0.5, 0.6) is 0 Å². The molecule has 17 heavy (non-hydrogen) atoms. The van der Waals surface area contributed by atoms with Crippen LogP contribution in [0.3, 0.4) is 0 Å². The van der Waals surface area contributed by atoms with Crippen molar-refractivity contribution in [2.75, 3.05) is 13.1 Å². The molecule has 0 atom stereocenters. The number of rotatable bonds is 2. The third kappa shape index (κ3) is 1.78. The highest BCUT2D eigenvalue weighted by Gasteiger charge is 2.23. The Bertz CT molecular complexity index is 527. The molecular weight excluding hydrogens is 214 g/mol. The minimum Gasteiger partial charge on any atom is -0.460 e. The Labute approximate surface area is 101 Å². The Hall–Kier alpha value is -1.55. The molecule has 4 nitrogen and oxygen atoms in total. The summed E-state index contributed by atoms with van der Waals surface area (Å²) in [4.78, 5) is 2.43. The molecule has 3 rings (SSSR count). The molecule has 3 heterocycles. The summed E-state index contributed by atoms with van der Waals surface area (Å²) in [6.45, 7) is 7.32. The topological polar surface area (TPSA) is 45.1 Å².